The van der Waals surface area contributed by atoms with Crippen LogP contribution in [0.1, 0.15) is 72.4 Å². The molecule has 1 heterocycles. The number of nitrogens with two attached hydrogens (primary N) is 1. The van der Waals surface area contributed by atoms with Crippen molar-refractivity contribution in [3.8, 4) is 0 Å². The minimum atomic E-state index is -3.79. The van der Waals surface area contributed by atoms with Gasteiger partial charge in [-0.2, -0.15) is 5.10 Å². The molecule has 0 radical (unpaired) electrons. The van der Waals surface area contributed by atoms with Crippen molar-refractivity contribution in [2.45, 2.75) is 83.0 Å². The Kier molecular flexibility index (Phi) is 11.3. The van der Waals surface area contributed by atoms with Gasteiger partial charge in [0.1, 0.15) is 23.4 Å². The first-order chi connectivity index (χ1) is 21.8. The van der Waals surface area contributed by atoms with Gasteiger partial charge in [-0.3, -0.25) is 14.7 Å². The number of hydrogen-bond acceptors (Lipinski definition) is 7. The molecule has 1 fully saturated rings. The fraction of sp³-hybridized carbons (Fsp3) is 0.485. The van der Waals surface area contributed by atoms with Crippen LogP contribution in [-0.2, 0) is 33.0 Å². The second-order valence-electron chi connectivity index (χ2n) is 12.2. The number of halogens is 2. The fourth-order valence-electron chi connectivity index (χ4n) is 5.68. The number of aryl methyl sites for hydroxylation is 2. The number of sulfone groups is 1. The Morgan fingerprint density at radius 3 is 2.39 bits per heavy atom. The Morgan fingerprint density at radius 1 is 1.11 bits per heavy atom. The van der Waals surface area contributed by atoms with Gasteiger partial charge < -0.3 is 21.1 Å². The predicted octanol–water partition coefficient (Wildman–Crippen LogP) is 3.32. The third kappa shape index (κ3) is 8.77. The van der Waals surface area contributed by atoms with E-state index in [4.69, 9.17) is 5.73 Å². The SMILES string of the molecule is CCCCS(=O)(=O)C[C@@H](NC(=O)c1cc(C)[nH]n1)C(=O)N(C[C@@H](O)[C@@H](N)Cc1cc(F)cc(F)c1)C1(c2cccc(CC)c2)CC1. The summed E-state index contributed by atoms with van der Waals surface area (Å²) in [5.74, 6) is -3.79. The molecule has 1 aliphatic rings. The normalized spacial score (nSPS) is 16.0. The molecule has 0 unspecified atom stereocenters. The first kappa shape index (κ1) is 35.2. The number of nitrogens with zero attached hydrogens (tertiary/aromatic N) is 2. The Labute approximate surface area is 268 Å². The lowest BCUT2D eigenvalue weighted by Crippen LogP contribution is -2.58. The Balaban J connectivity index is 1.70. The largest absolute Gasteiger partial charge is 0.390 e. The Bertz CT molecular complexity index is 1620. The van der Waals surface area contributed by atoms with Crippen LogP contribution in [0.5, 0.6) is 0 Å². The number of aromatic nitrogens is 2. The molecule has 46 heavy (non-hydrogen) atoms. The lowest BCUT2D eigenvalue weighted by atomic mass is 9.96. The van der Waals surface area contributed by atoms with Crippen LogP contribution in [0.3, 0.4) is 0 Å². The summed E-state index contributed by atoms with van der Waals surface area (Å²) >= 11 is 0. The molecule has 2 amide bonds. The molecule has 3 atom stereocenters. The topological polar surface area (TPSA) is 158 Å². The van der Waals surface area contributed by atoms with Crippen molar-refractivity contribution in [1.29, 1.82) is 0 Å². The van der Waals surface area contributed by atoms with Crippen LogP contribution >= 0.6 is 0 Å². The minimum absolute atomic E-state index is 0.00558. The van der Waals surface area contributed by atoms with E-state index in [9.17, 15) is 31.9 Å². The van der Waals surface area contributed by atoms with Crippen molar-refractivity contribution < 1.29 is 31.9 Å². The molecule has 10 nitrogen and oxygen atoms in total. The summed E-state index contributed by atoms with van der Waals surface area (Å²) in [5, 5.41) is 20.6. The molecule has 0 saturated heterocycles. The lowest BCUT2D eigenvalue weighted by Gasteiger charge is -2.38. The smallest absolute Gasteiger partial charge is 0.272 e. The molecule has 0 aliphatic heterocycles. The highest BCUT2D eigenvalue weighted by Crippen LogP contribution is 2.51. The standard InChI is InChI=1S/C33H43F2N5O5S/c1-4-6-12-46(44,45)20-29(37-31(42)28-13-21(3)38-39-28)32(43)40(33(10-11-33)24-9-7-8-22(5-2)14-24)19-30(41)27(36)17-23-15-25(34)18-26(35)16-23/h7-9,13-16,18,27,29-30,41H,4-6,10-12,17,19-20,36H2,1-3H3,(H,37,42)(H,38,39)/t27-,29+,30+/m0/s1. The maximum Gasteiger partial charge on any atom is 0.272 e. The maximum absolute atomic E-state index is 14.6. The quantitative estimate of drug-likeness (QED) is 0.184. The van der Waals surface area contributed by atoms with E-state index in [1.807, 2.05) is 38.1 Å². The number of aromatic amines is 1. The molecule has 250 valence electrons. The second kappa shape index (κ2) is 14.8. The second-order valence-corrected chi connectivity index (χ2v) is 14.4. The molecule has 2 aromatic carbocycles. The van der Waals surface area contributed by atoms with Crippen LogP contribution in [0.4, 0.5) is 8.78 Å². The summed E-state index contributed by atoms with van der Waals surface area (Å²) in [4.78, 5) is 29.2. The summed E-state index contributed by atoms with van der Waals surface area (Å²) in [6, 6.07) is 9.66. The molecule has 5 N–H and O–H groups in total. The highest BCUT2D eigenvalue weighted by atomic mass is 32.2. The molecule has 1 aromatic heterocycles. The zero-order valence-corrected chi connectivity index (χ0v) is 27.2. The molecule has 4 rings (SSSR count). The molecule has 1 aliphatic carbocycles. The van der Waals surface area contributed by atoms with Gasteiger partial charge in [0.2, 0.25) is 5.91 Å². The molecule has 0 spiro atoms. The van der Waals surface area contributed by atoms with E-state index in [1.54, 1.807) is 6.92 Å². The number of benzene rings is 2. The van der Waals surface area contributed by atoms with Crippen LogP contribution < -0.4 is 11.1 Å². The van der Waals surface area contributed by atoms with Crippen LogP contribution in [0.15, 0.2) is 48.5 Å². The number of carbonyl (C=O) groups excluding carboxylic acids is 2. The van der Waals surface area contributed by atoms with Crippen LogP contribution in [0.2, 0.25) is 0 Å². The van der Waals surface area contributed by atoms with Gasteiger partial charge >= 0.3 is 0 Å². The monoisotopic (exact) mass is 659 g/mol. The van der Waals surface area contributed by atoms with Gasteiger partial charge in [0, 0.05) is 24.3 Å². The molecule has 1 saturated carbocycles. The highest BCUT2D eigenvalue weighted by Gasteiger charge is 2.53. The van der Waals surface area contributed by atoms with Crippen molar-refractivity contribution in [2.75, 3.05) is 18.1 Å². The number of hydrogen-bond donors (Lipinski definition) is 4. The molecule has 3 aromatic rings. The zero-order chi connectivity index (χ0) is 33.6. The van der Waals surface area contributed by atoms with E-state index in [2.05, 4.69) is 15.5 Å². The van der Waals surface area contributed by atoms with Crippen molar-refractivity contribution in [3.05, 3.63) is 88.2 Å². The van der Waals surface area contributed by atoms with E-state index < -0.39 is 62.8 Å². The van der Waals surface area contributed by atoms with Crippen molar-refractivity contribution in [3.63, 3.8) is 0 Å². The van der Waals surface area contributed by atoms with Crippen molar-refractivity contribution in [2.24, 2.45) is 5.73 Å². The van der Waals surface area contributed by atoms with Gasteiger partial charge in [0.25, 0.3) is 5.91 Å². The lowest BCUT2D eigenvalue weighted by molar-refractivity contribution is -0.138. The maximum atomic E-state index is 14.6. The number of unbranched alkanes of at least 4 members (excludes halogenated alkanes) is 1. The van der Waals surface area contributed by atoms with Gasteiger partial charge in [0.05, 0.1) is 23.1 Å². The number of nitrogens with one attached hydrogen (secondary N) is 2. The molecule has 0 bridgehead atoms. The van der Waals surface area contributed by atoms with Gasteiger partial charge in [0.15, 0.2) is 9.84 Å². The predicted molar refractivity (Wildman–Crippen MR) is 171 cm³/mol. The first-order valence-corrected chi connectivity index (χ1v) is 17.4. The number of carbonyl (C=O) groups is 2. The van der Waals surface area contributed by atoms with Crippen molar-refractivity contribution >= 4 is 21.7 Å². The first-order valence-electron chi connectivity index (χ1n) is 15.6. The van der Waals surface area contributed by atoms with Gasteiger partial charge in [-0.1, -0.05) is 44.5 Å². The number of amides is 2. The summed E-state index contributed by atoms with van der Waals surface area (Å²) < 4.78 is 54.1. The van der Waals surface area contributed by atoms with E-state index in [0.717, 1.165) is 35.7 Å². The molecular formula is C33H43F2N5O5S. The van der Waals surface area contributed by atoms with Crippen LogP contribution in [0, 0.1) is 18.6 Å². The van der Waals surface area contributed by atoms with Gasteiger partial charge in [-0.05, 0) is 73.9 Å². The van der Waals surface area contributed by atoms with Gasteiger partial charge in [-0.15, -0.1) is 0 Å². The van der Waals surface area contributed by atoms with Gasteiger partial charge in [-0.25, -0.2) is 17.2 Å². The zero-order valence-electron chi connectivity index (χ0n) is 26.4. The summed E-state index contributed by atoms with van der Waals surface area (Å²) in [6.45, 7) is 5.25. The van der Waals surface area contributed by atoms with Crippen LogP contribution in [-0.4, -0.2) is 76.7 Å². The third-order valence-corrected chi connectivity index (χ3v) is 10.2. The summed E-state index contributed by atoms with van der Waals surface area (Å²) in [5.41, 5.74) is 8.13. The highest BCUT2D eigenvalue weighted by molar-refractivity contribution is 7.91. The number of rotatable bonds is 16. The molecule has 13 heteroatoms. The Hall–Kier alpha value is -3.68. The average molecular weight is 660 g/mol. The Morgan fingerprint density at radius 2 is 1.80 bits per heavy atom. The fourth-order valence-corrected chi connectivity index (χ4v) is 7.31. The number of H-pyrrole nitrogens is 1. The van der Waals surface area contributed by atoms with E-state index in [1.165, 1.54) is 11.0 Å². The number of aliphatic hydroxyl groups excluding tert-OH is 1. The number of aliphatic hydroxyl groups is 1. The van der Waals surface area contributed by atoms with E-state index in [-0.39, 0.29) is 30.0 Å². The summed E-state index contributed by atoms with van der Waals surface area (Å²) in [7, 11) is -3.79. The van der Waals surface area contributed by atoms with Crippen molar-refractivity contribution in [1.82, 2.24) is 20.4 Å². The molecular weight excluding hydrogens is 616 g/mol. The summed E-state index contributed by atoms with van der Waals surface area (Å²) in [6.07, 6.45) is 1.38. The van der Waals surface area contributed by atoms with Crippen LogP contribution in [0.25, 0.3) is 0 Å². The third-order valence-electron chi connectivity index (χ3n) is 8.41. The minimum Gasteiger partial charge on any atom is -0.390 e. The van der Waals surface area contributed by atoms with E-state index >= 15 is 0 Å². The van der Waals surface area contributed by atoms with E-state index in [0.29, 0.717) is 31.4 Å². The average Bonchev–Trinajstić information content (AvgIpc) is 3.69.